The number of anilines is 1. The third kappa shape index (κ3) is 4.67. The maximum absolute atomic E-state index is 11.7. The molecule has 0 radical (unpaired) electrons. The van der Waals surface area contributed by atoms with Crippen molar-refractivity contribution in [2.45, 2.75) is 20.4 Å². The average molecular weight is 383 g/mol. The SMILES string of the molecule is CCOc1ccc(C(C)=O)cc1CN1CCN(c2ccc([N+](=O)[O-])cc2)CC1. The van der Waals surface area contributed by atoms with Crippen LogP contribution in [0.3, 0.4) is 0 Å². The number of nitro groups is 1. The van der Waals surface area contributed by atoms with Gasteiger partial charge in [-0.2, -0.15) is 0 Å². The molecule has 0 bridgehead atoms. The predicted molar refractivity (Wildman–Crippen MR) is 108 cm³/mol. The lowest BCUT2D eigenvalue weighted by Crippen LogP contribution is -2.46. The van der Waals surface area contributed by atoms with Gasteiger partial charge in [0.25, 0.3) is 5.69 Å². The van der Waals surface area contributed by atoms with Gasteiger partial charge in [0.2, 0.25) is 0 Å². The molecule has 0 N–H and O–H groups in total. The van der Waals surface area contributed by atoms with Crippen molar-refractivity contribution in [3.8, 4) is 5.75 Å². The minimum atomic E-state index is -0.382. The Morgan fingerprint density at radius 2 is 1.79 bits per heavy atom. The van der Waals surface area contributed by atoms with Gasteiger partial charge in [-0.1, -0.05) is 0 Å². The van der Waals surface area contributed by atoms with Crippen LogP contribution < -0.4 is 9.64 Å². The van der Waals surface area contributed by atoms with Crippen molar-refractivity contribution in [2.75, 3.05) is 37.7 Å². The summed E-state index contributed by atoms with van der Waals surface area (Å²) in [6, 6.07) is 12.3. The van der Waals surface area contributed by atoms with Gasteiger partial charge in [-0.3, -0.25) is 19.8 Å². The number of ketones is 1. The van der Waals surface area contributed by atoms with E-state index in [4.69, 9.17) is 4.74 Å². The smallest absolute Gasteiger partial charge is 0.269 e. The normalized spacial score (nSPS) is 14.7. The lowest BCUT2D eigenvalue weighted by Gasteiger charge is -2.36. The van der Waals surface area contributed by atoms with Gasteiger partial charge in [-0.25, -0.2) is 0 Å². The number of ether oxygens (including phenoxy) is 1. The van der Waals surface area contributed by atoms with Gasteiger partial charge in [-0.05, 0) is 44.2 Å². The number of carbonyl (C=O) groups is 1. The summed E-state index contributed by atoms with van der Waals surface area (Å²) >= 11 is 0. The van der Waals surface area contributed by atoms with Crippen molar-refractivity contribution < 1.29 is 14.5 Å². The van der Waals surface area contributed by atoms with Crippen molar-refractivity contribution in [3.63, 3.8) is 0 Å². The number of hydrogen-bond acceptors (Lipinski definition) is 6. The summed E-state index contributed by atoms with van der Waals surface area (Å²) < 4.78 is 5.73. The van der Waals surface area contributed by atoms with Crippen molar-refractivity contribution in [2.24, 2.45) is 0 Å². The number of hydrogen-bond donors (Lipinski definition) is 0. The number of non-ortho nitro benzene ring substituents is 1. The summed E-state index contributed by atoms with van der Waals surface area (Å²) in [5.74, 6) is 0.873. The molecule has 1 heterocycles. The zero-order valence-corrected chi connectivity index (χ0v) is 16.3. The predicted octanol–water partition coefficient (Wildman–Crippen LogP) is 3.52. The highest BCUT2D eigenvalue weighted by atomic mass is 16.6. The van der Waals surface area contributed by atoms with Crippen LogP contribution in [0.4, 0.5) is 11.4 Å². The molecule has 1 aliphatic rings. The van der Waals surface area contributed by atoms with Crippen molar-refractivity contribution in [1.29, 1.82) is 0 Å². The molecule has 0 saturated carbocycles. The van der Waals surface area contributed by atoms with Crippen LogP contribution in [0.5, 0.6) is 5.75 Å². The third-order valence-corrected chi connectivity index (χ3v) is 4.96. The van der Waals surface area contributed by atoms with Crippen LogP contribution in [0.15, 0.2) is 42.5 Å². The van der Waals surface area contributed by atoms with E-state index in [9.17, 15) is 14.9 Å². The maximum Gasteiger partial charge on any atom is 0.269 e. The van der Waals surface area contributed by atoms with Crippen LogP contribution in [-0.2, 0) is 6.54 Å². The molecular formula is C21H25N3O4. The van der Waals surface area contributed by atoms with Gasteiger partial charge in [0.05, 0.1) is 11.5 Å². The van der Waals surface area contributed by atoms with E-state index in [1.54, 1.807) is 31.2 Å². The highest BCUT2D eigenvalue weighted by Crippen LogP contribution is 2.25. The molecule has 0 spiro atoms. The minimum absolute atomic E-state index is 0.0484. The molecule has 2 aromatic carbocycles. The van der Waals surface area contributed by atoms with Crippen LogP contribution in [0.1, 0.15) is 29.8 Å². The first-order chi connectivity index (χ1) is 13.5. The Balaban J connectivity index is 1.64. The van der Waals surface area contributed by atoms with Crippen LogP contribution in [0, 0.1) is 10.1 Å². The van der Waals surface area contributed by atoms with Gasteiger partial charge in [-0.15, -0.1) is 0 Å². The van der Waals surface area contributed by atoms with Crippen LogP contribution in [0.25, 0.3) is 0 Å². The summed E-state index contributed by atoms with van der Waals surface area (Å²) in [4.78, 5) is 26.7. The molecule has 148 valence electrons. The summed E-state index contributed by atoms with van der Waals surface area (Å²) in [7, 11) is 0. The molecule has 28 heavy (non-hydrogen) atoms. The Morgan fingerprint density at radius 3 is 2.36 bits per heavy atom. The molecule has 2 aromatic rings. The van der Waals surface area contributed by atoms with Crippen molar-refractivity contribution >= 4 is 17.2 Å². The number of carbonyl (C=O) groups excluding carboxylic acids is 1. The number of piperazine rings is 1. The van der Waals surface area contributed by atoms with Gasteiger partial charge in [0.1, 0.15) is 5.75 Å². The second kappa shape index (κ2) is 8.84. The molecular weight excluding hydrogens is 358 g/mol. The fraction of sp³-hybridized carbons (Fsp3) is 0.381. The Bertz CT molecular complexity index is 843. The summed E-state index contributed by atoms with van der Waals surface area (Å²) in [5, 5.41) is 10.8. The lowest BCUT2D eigenvalue weighted by atomic mass is 10.1. The molecule has 1 fully saturated rings. The lowest BCUT2D eigenvalue weighted by molar-refractivity contribution is -0.384. The van der Waals surface area contributed by atoms with Crippen molar-refractivity contribution in [1.82, 2.24) is 4.90 Å². The highest BCUT2D eigenvalue weighted by molar-refractivity contribution is 5.94. The summed E-state index contributed by atoms with van der Waals surface area (Å²) in [5.41, 5.74) is 2.83. The molecule has 1 aliphatic heterocycles. The fourth-order valence-electron chi connectivity index (χ4n) is 3.41. The Morgan fingerprint density at radius 1 is 1.11 bits per heavy atom. The minimum Gasteiger partial charge on any atom is -0.494 e. The highest BCUT2D eigenvalue weighted by Gasteiger charge is 2.20. The van der Waals surface area contributed by atoms with Gasteiger partial charge in [0, 0.05) is 61.7 Å². The van der Waals surface area contributed by atoms with Gasteiger partial charge < -0.3 is 9.64 Å². The maximum atomic E-state index is 11.7. The Hall–Kier alpha value is -2.93. The Kier molecular flexibility index (Phi) is 6.26. The second-order valence-electron chi connectivity index (χ2n) is 6.85. The van der Waals surface area contributed by atoms with E-state index in [1.807, 2.05) is 25.1 Å². The number of nitrogens with zero attached hydrogens (tertiary/aromatic N) is 3. The molecule has 7 heteroatoms. The number of nitro benzene ring substituents is 1. The molecule has 0 aliphatic carbocycles. The average Bonchev–Trinajstić information content (AvgIpc) is 2.70. The van der Waals surface area contributed by atoms with Crippen LogP contribution in [-0.4, -0.2) is 48.4 Å². The first-order valence-electron chi connectivity index (χ1n) is 9.46. The quantitative estimate of drug-likeness (QED) is 0.414. The van der Waals surface area contributed by atoms with E-state index in [2.05, 4.69) is 9.80 Å². The first kappa shape index (κ1) is 19.8. The fourth-order valence-corrected chi connectivity index (χ4v) is 3.41. The third-order valence-electron chi connectivity index (χ3n) is 4.96. The number of benzene rings is 2. The number of rotatable bonds is 7. The zero-order chi connectivity index (χ0) is 20.1. The second-order valence-corrected chi connectivity index (χ2v) is 6.85. The van der Waals surface area contributed by atoms with E-state index in [1.165, 1.54) is 0 Å². The number of Topliss-reactive ketones (excluding diaryl/α,β-unsaturated/α-hetero) is 1. The van der Waals surface area contributed by atoms with Gasteiger partial charge >= 0.3 is 0 Å². The molecule has 7 nitrogen and oxygen atoms in total. The monoisotopic (exact) mass is 383 g/mol. The summed E-state index contributed by atoms with van der Waals surface area (Å²) in [6.45, 7) is 8.25. The molecule has 0 atom stereocenters. The molecule has 0 aromatic heterocycles. The van der Waals surface area contributed by atoms with Crippen LogP contribution in [0.2, 0.25) is 0 Å². The molecule has 0 unspecified atom stereocenters. The van der Waals surface area contributed by atoms with E-state index >= 15 is 0 Å². The molecule has 0 amide bonds. The zero-order valence-electron chi connectivity index (χ0n) is 16.3. The van der Waals surface area contributed by atoms with E-state index in [0.29, 0.717) is 12.2 Å². The first-order valence-corrected chi connectivity index (χ1v) is 9.46. The van der Waals surface area contributed by atoms with E-state index < -0.39 is 0 Å². The topological polar surface area (TPSA) is 75.9 Å². The van der Waals surface area contributed by atoms with E-state index in [0.717, 1.165) is 49.7 Å². The van der Waals surface area contributed by atoms with Gasteiger partial charge in [0.15, 0.2) is 5.78 Å². The summed E-state index contributed by atoms with van der Waals surface area (Å²) in [6.07, 6.45) is 0. The molecule has 3 rings (SSSR count). The largest absolute Gasteiger partial charge is 0.494 e. The molecule has 1 saturated heterocycles. The Labute approximate surface area is 164 Å². The standard InChI is InChI=1S/C21H25N3O4/c1-3-28-21-9-4-17(16(2)25)14-18(21)15-22-10-12-23(13-11-22)19-5-7-20(8-6-19)24(26)27/h4-9,14H,3,10-13,15H2,1-2H3. The van der Waals surface area contributed by atoms with Crippen LogP contribution >= 0.6 is 0 Å². The van der Waals surface area contributed by atoms with Crippen molar-refractivity contribution in [3.05, 3.63) is 63.7 Å². The van der Waals surface area contributed by atoms with E-state index in [-0.39, 0.29) is 16.4 Å².